The van der Waals surface area contributed by atoms with Gasteiger partial charge in [0.2, 0.25) is 0 Å². The Bertz CT molecular complexity index is 2380. The molecule has 5 aromatic carbocycles. The van der Waals surface area contributed by atoms with Crippen LogP contribution in [0.4, 0.5) is 0 Å². The summed E-state index contributed by atoms with van der Waals surface area (Å²) >= 11 is 1.77. The second-order valence-electron chi connectivity index (χ2n) is 11.2. The molecule has 0 spiro atoms. The number of hydrogen-bond acceptors (Lipinski definition) is 4. The second-order valence-corrected chi connectivity index (χ2v) is 12.3. The molecule has 8 aromatic rings. The van der Waals surface area contributed by atoms with Gasteiger partial charge in [0.1, 0.15) is 0 Å². The number of fused-ring (bicyclic) bond motifs is 4. The molecule has 0 aliphatic heterocycles. The summed E-state index contributed by atoms with van der Waals surface area (Å²) in [4.78, 5) is 16.6. The minimum atomic E-state index is 0.680. The van der Waals surface area contributed by atoms with E-state index in [-0.39, 0.29) is 0 Å². The molecule has 0 aliphatic carbocycles. The van der Waals surface area contributed by atoms with E-state index in [1.807, 2.05) is 42.5 Å². The zero-order chi connectivity index (χ0) is 31.0. The number of thiophene rings is 1. The molecular formula is C42H29N3S. The molecule has 0 unspecified atom stereocenters. The third kappa shape index (κ3) is 4.90. The van der Waals surface area contributed by atoms with Crippen LogP contribution in [0.15, 0.2) is 140 Å². The van der Waals surface area contributed by atoms with Crippen molar-refractivity contribution in [2.45, 2.75) is 6.92 Å². The summed E-state index contributed by atoms with van der Waals surface area (Å²) in [5.74, 6) is 0.680. The highest BCUT2D eigenvalue weighted by atomic mass is 32.1. The first-order chi connectivity index (χ1) is 22.7. The molecule has 3 aromatic heterocycles. The van der Waals surface area contributed by atoms with Crippen LogP contribution in [0.25, 0.3) is 89.1 Å². The van der Waals surface area contributed by atoms with Gasteiger partial charge in [0.15, 0.2) is 5.82 Å². The van der Waals surface area contributed by atoms with Gasteiger partial charge in [-0.1, -0.05) is 122 Å². The van der Waals surface area contributed by atoms with Gasteiger partial charge in [-0.25, -0.2) is 15.0 Å². The maximum atomic E-state index is 5.26. The van der Waals surface area contributed by atoms with E-state index < -0.39 is 0 Å². The average Bonchev–Trinajstić information content (AvgIpc) is 3.47. The zero-order valence-electron chi connectivity index (χ0n) is 25.3. The van der Waals surface area contributed by atoms with E-state index in [9.17, 15) is 0 Å². The fourth-order valence-electron chi connectivity index (χ4n) is 6.18. The Hall–Kier alpha value is -5.71. The highest BCUT2D eigenvalue weighted by molar-refractivity contribution is 7.20. The molecule has 218 valence electrons. The van der Waals surface area contributed by atoms with Gasteiger partial charge < -0.3 is 0 Å². The Morgan fingerprint density at radius 3 is 1.91 bits per heavy atom. The first-order valence-electron chi connectivity index (χ1n) is 15.3. The van der Waals surface area contributed by atoms with Crippen LogP contribution in [0.2, 0.25) is 0 Å². The Labute approximate surface area is 271 Å². The van der Waals surface area contributed by atoms with E-state index >= 15 is 0 Å². The van der Waals surface area contributed by atoms with E-state index in [2.05, 4.69) is 117 Å². The Balaban J connectivity index is 1.35. The van der Waals surface area contributed by atoms with E-state index in [0.717, 1.165) is 55.6 Å². The first kappa shape index (κ1) is 27.8. The van der Waals surface area contributed by atoms with E-state index in [4.69, 9.17) is 15.0 Å². The number of nitrogens with zero attached hydrogens (tertiary/aromatic N) is 3. The van der Waals surface area contributed by atoms with Gasteiger partial charge in [-0.3, -0.25) is 0 Å². The van der Waals surface area contributed by atoms with Crippen molar-refractivity contribution in [1.82, 2.24) is 15.0 Å². The number of rotatable bonds is 6. The summed E-state index contributed by atoms with van der Waals surface area (Å²) in [7, 11) is 0. The third-order valence-corrected chi connectivity index (χ3v) is 9.52. The van der Waals surface area contributed by atoms with Crippen molar-refractivity contribution in [3.05, 3.63) is 150 Å². The number of allylic oxidation sites excluding steroid dienone is 1. The van der Waals surface area contributed by atoms with Gasteiger partial charge in [0.25, 0.3) is 0 Å². The molecule has 0 atom stereocenters. The topological polar surface area (TPSA) is 38.7 Å². The van der Waals surface area contributed by atoms with Gasteiger partial charge in [-0.2, -0.15) is 0 Å². The standard InChI is InChI=1S/C42H29N3S/c1-3-14-32-34-24-33-31-21-11-12-22-36(31)43-41(35(33)25-40(34)46-39(32)4-2)29-19-13-20-30(23-29)42-44-37(27-15-7-5-8-16-27)26-38(45-42)28-17-9-6-10-18-28/h3-26H,2H2,1H3/b14-3-. The van der Waals surface area contributed by atoms with Gasteiger partial charge in [0.05, 0.1) is 22.6 Å². The van der Waals surface area contributed by atoms with Gasteiger partial charge in [0, 0.05) is 48.0 Å². The number of pyridine rings is 1. The van der Waals surface area contributed by atoms with Crippen molar-refractivity contribution in [3.8, 4) is 45.2 Å². The Morgan fingerprint density at radius 2 is 1.22 bits per heavy atom. The predicted octanol–water partition coefficient (Wildman–Crippen LogP) is 11.7. The monoisotopic (exact) mass is 607 g/mol. The molecule has 0 radical (unpaired) electrons. The molecule has 4 heteroatoms. The van der Waals surface area contributed by atoms with Crippen LogP contribution in [0, 0.1) is 0 Å². The molecule has 0 bridgehead atoms. The fraction of sp³-hybridized carbons (Fsp3) is 0.0238. The van der Waals surface area contributed by atoms with Crippen molar-refractivity contribution in [3.63, 3.8) is 0 Å². The zero-order valence-corrected chi connectivity index (χ0v) is 26.1. The minimum absolute atomic E-state index is 0.680. The van der Waals surface area contributed by atoms with E-state index in [1.165, 1.54) is 25.9 Å². The van der Waals surface area contributed by atoms with Crippen LogP contribution in [0.3, 0.4) is 0 Å². The summed E-state index contributed by atoms with van der Waals surface area (Å²) < 4.78 is 1.22. The number of aromatic nitrogens is 3. The van der Waals surface area contributed by atoms with Gasteiger partial charge in [-0.15, -0.1) is 11.3 Å². The molecule has 46 heavy (non-hydrogen) atoms. The molecule has 3 nitrogen and oxygen atoms in total. The van der Waals surface area contributed by atoms with Crippen molar-refractivity contribution < 1.29 is 0 Å². The molecule has 0 aliphatic rings. The Kier molecular flexibility index (Phi) is 7.05. The summed E-state index contributed by atoms with van der Waals surface area (Å²) in [6.45, 7) is 6.15. The Morgan fingerprint density at radius 1 is 0.565 bits per heavy atom. The lowest BCUT2D eigenvalue weighted by atomic mass is 9.96. The van der Waals surface area contributed by atoms with Gasteiger partial charge >= 0.3 is 0 Å². The third-order valence-electron chi connectivity index (χ3n) is 8.36. The normalized spacial score (nSPS) is 11.6. The summed E-state index contributed by atoms with van der Waals surface area (Å²) in [5, 5.41) is 4.69. The molecule has 3 heterocycles. The summed E-state index contributed by atoms with van der Waals surface area (Å²) in [5.41, 5.74) is 8.98. The number of para-hydroxylation sites is 1. The van der Waals surface area contributed by atoms with Crippen molar-refractivity contribution in [2.24, 2.45) is 0 Å². The lowest BCUT2D eigenvalue weighted by Crippen LogP contribution is -1.96. The van der Waals surface area contributed by atoms with Crippen LogP contribution in [-0.2, 0) is 0 Å². The van der Waals surface area contributed by atoms with Crippen LogP contribution >= 0.6 is 11.3 Å². The molecule has 0 fully saturated rings. The second kappa shape index (κ2) is 11.7. The van der Waals surface area contributed by atoms with Crippen molar-refractivity contribution in [1.29, 1.82) is 0 Å². The van der Waals surface area contributed by atoms with Crippen molar-refractivity contribution in [2.75, 3.05) is 0 Å². The van der Waals surface area contributed by atoms with Crippen LogP contribution in [0.1, 0.15) is 17.4 Å². The van der Waals surface area contributed by atoms with Crippen molar-refractivity contribution >= 4 is 55.3 Å². The lowest BCUT2D eigenvalue weighted by molar-refractivity contribution is 1.18. The highest BCUT2D eigenvalue weighted by Crippen LogP contribution is 2.41. The SMILES string of the molecule is C=Cc1sc2cc3c(-c4cccc(-c5nc(-c6ccccc6)cc(-c6ccccc6)n5)c4)nc4ccccc4c3cc2c1/C=C\C. The molecule has 0 amide bonds. The molecule has 0 saturated carbocycles. The predicted molar refractivity (Wildman–Crippen MR) is 197 cm³/mol. The van der Waals surface area contributed by atoms with E-state index in [1.54, 1.807) is 11.3 Å². The first-order valence-corrected chi connectivity index (χ1v) is 16.2. The van der Waals surface area contributed by atoms with Crippen LogP contribution in [-0.4, -0.2) is 15.0 Å². The lowest BCUT2D eigenvalue weighted by Gasteiger charge is -2.13. The largest absolute Gasteiger partial charge is 0.247 e. The fourth-order valence-corrected chi connectivity index (χ4v) is 7.25. The number of benzene rings is 5. The highest BCUT2D eigenvalue weighted by Gasteiger charge is 2.17. The minimum Gasteiger partial charge on any atom is -0.247 e. The smallest absolute Gasteiger partial charge is 0.160 e. The molecular weight excluding hydrogens is 579 g/mol. The molecule has 8 rings (SSSR count). The average molecular weight is 608 g/mol. The van der Waals surface area contributed by atoms with Gasteiger partial charge in [-0.05, 0) is 48.2 Å². The van der Waals surface area contributed by atoms with Crippen LogP contribution in [0.5, 0.6) is 0 Å². The molecule has 0 saturated heterocycles. The summed E-state index contributed by atoms with van der Waals surface area (Å²) in [6, 6.07) is 44.2. The number of hydrogen-bond donors (Lipinski definition) is 0. The quantitative estimate of drug-likeness (QED) is 0.177. The maximum absolute atomic E-state index is 5.26. The maximum Gasteiger partial charge on any atom is 0.160 e. The summed E-state index contributed by atoms with van der Waals surface area (Å²) in [6.07, 6.45) is 6.24. The molecule has 0 N–H and O–H groups in total. The van der Waals surface area contributed by atoms with E-state index in [0.29, 0.717) is 5.82 Å². The van der Waals surface area contributed by atoms with Crippen LogP contribution < -0.4 is 0 Å².